The molecule has 3 N–H and O–H groups in total. The Labute approximate surface area is 186 Å². The van der Waals surface area contributed by atoms with Crippen molar-refractivity contribution in [1.29, 1.82) is 0 Å². The Morgan fingerprint density at radius 3 is 2.61 bits per heavy atom. The molecule has 0 bridgehead atoms. The number of amides is 1. The predicted molar refractivity (Wildman–Crippen MR) is 114 cm³/mol. The Morgan fingerprint density at radius 2 is 1.94 bits per heavy atom. The van der Waals surface area contributed by atoms with Gasteiger partial charge in [0.1, 0.15) is 28.5 Å². The van der Waals surface area contributed by atoms with Gasteiger partial charge in [0.2, 0.25) is 5.60 Å². The van der Waals surface area contributed by atoms with Gasteiger partial charge in [0.05, 0.1) is 6.61 Å². The molecule has 3 heterocycles. The summed E-state index contributed by atoms with van der Waals surface area (Å²) in [7, 11) is 1.80. The molecule has 1 aliphatic rings. The molecule has 0 saturated carbocycles. The second-order valence-corrected chi connectivity index (χ2v) is 8.28. The van der Waals surface area contributed by atoms with Crippen LogP contribution in [-0.4, -0.2) is 39.7 Å². The quantitative estimate of drug-likeness (QED) is 0.577. The van der Waals surface area contributed by atoms with Gasteiger partial charge in [0.25, 0.3) is 5.91 Å². The van der Waals surface area contributed by atoms with Crippen molar-refractivity contribution in [3.8, 4) is 0 Å². The second-order valence-electron chi connectivity index (χ2n) is 8.28. The van der Waals surface area contributed by atoms with Gasteiger partial charge in [0.15, 0.2) is 0 Å². The van der Waals surface area contributed by atoms with E-state index in [1.54, 1.807) is 23.7 Å². The van der Waals surface area contributed by atoms with Gasteiger partial charge in [-0.05, 0) is 50.2 Å². The Hall–Kier alpha value is -3.47. The zero-order valence-corrected chi connectivity index (χ0v) is 18.0. The summed E-state index contributed by atoms with van der Waals surface area (Å²) >= 11 is 0. The molecule has 2 atom stereocenters. The Morgan fingerprint density at radius 1 is 1.21 bits per heavy atom. The molecule has 11 heteroatoms. The summed E-state index contributed by atoms with van der Waals surface area (Å²) in [6.07, 6.45) is -2.97. The molecule has 0 saturated heterocycles. The average molecular weight is 463 g/mol. The van der Waals surface area contributed by atoms with Gasteiger partial charge in [-0.15, -0.1) is 0 Å². The van der Waals surface area contributed by atoms with Gasteiger partial charge in [-0.3, -0.25) is 9.79 Å². The Balaban J connectivity index is 1.64. The Bertz CT molecular complexity index is 1290. The van der Waals surface area contributed by atoms with Crippen LogP contribution in [0, 0.1) is 5.82 Å². The van der Waals surface area contributed by atoms with Crippen molar-refractivity contribution in [2.75, 3.05) is 11.9 Å². The van der Waals surface area contributed by atoms with Crippen molar-refractivity contribution >= 4 is 28.5 Å². The summed E-state index contributed by atoms with van der Waals surface area (Å²) in [5.74, 6) is -2.07. The standard InChI is InChI=1S/C22H21F4N5O2/c1-20(11-33-21(2,19(27)30-20)22(24,25)26)14-10-13(5-6-15(14)23)28-18(32)16-7-4-12-8-9-31(3)17(12)29-16/h4-10H,11H2,1-3H3,(H2,27,30)(H,28,32)/t20-,21+/m0/s1. The predicted octanol–water partition coefficient (Wildman–Crippen LogP) is 3.89. The number of nitrogens with one attached hydrogen (secondary N) is 1. The molecule has 3 aromatic rings. The van der Waals surface area contributed by atoms with Crippen LogP contribution in [0.5, 0.6) is 0 Å². The summed E-state index contributed by atoms with van der Waals surface area (Å²) in [6, 6.07) is 8.89. The van der Waals surface area contributed by atoms with E-state index in [1.807, 2.05) is 12.3 Å². The molecule has 2 aromatic heterocycles. The van der Waals surface area contributed by atoms with Gasteiger partial charge in [-0.2, -0.15) is 13.2 Å². The molecule has 0 unspecified atom stereocenters. The number of nitrogens with zero attached hydrogens (tertiary/aromatic N) is 3. The molecular formula is C22H21F4N5O2. The van der Waals surface area contributed by atoms with Crippen LogP contribution in [0.15, 0.2) is 47.6 Å². The molecule has 1 amide bonds. The lowest BCUT2D eigenvalue weighted by molar-refractivity contribution is -0.249. The second kappa shape index (κ2) is 7.55. The maximum Gasteiger partial charge on any atom is 0.424 e. The van der Waals surface area contributed by atoms with Crippen molar-refractivity contribution in [3.05, 3.63) is 59.7 Å². The summed E-state index contributed by atoms with van der Waals surface area (Å²) < 4.78 is 61.6. The van der Waals surface area contributed by atoms with Crippen LogP contribution < -0.4 is 11.1 Å². The number of rotatable bonds is 3. The maximum atomic E-state index is 14.7. The zero-order valence-electron chi connectivity index (χ0n) is 18.0. The molecule has 0 spiro atoms. The number of fused-ring (bicyclic) bond motifs is 1. The molecule has 7 nitrogen and oxygen atoms in total. The van der Waals surface area contributed by atoms with Crippen molar-refractivity contribution in [2.24, 2.45) is 17.8 Å². The summed E-state index contributed by atoms with van der Waals surface area (Å²) in [5, 5.41) is 3.50. The van der Waals surface area contributed by atoms with Crippen molar-refractivity contribution in [3.63, 3.8) is 0 Å². The number of nitrogens with two attached hydrogens (primary N) is 1. The summed E-state index contributed by atoms with van der Waals surface area (Å²) in [5.41, 5.74) is 2.22. The number of carbonyl (C=O) groups excluding carboxylic acids is 1. The Kier molecular flexibility index (Phi) is 5.19. The first-order valence-corrected chi connectivity index (χ1v) is 9.94. The number of aliphatic imine (C=N–C) groups is 1. The summed E-state index contributed by atoms with van der Waals surface area (Å²) in [4.78, 5) is 21.0. The molecular weight excluding hydrogens is 442 g/mol. The van der Waals surface area contributed by atoms with E-state index in [0.29, 0.717) is 5.65 Å². The minimum atomic E-state index is -4.79. The van der Waals surface area contributed by atoms with Gasteiger partial charge in [-0.1, -0.05) is 0 Å². The SMILES string of the molecule is Cn1ccc2ccc(C(=O)Nc3ccc(F)c([C@]4(C)CO[C@@](C)(C(F)(F)F)C(N)=N4)c3)nc21. The molecule has 1 aromatic carbocycles. The highest BCUT2D eigenvalue weighted by Crippen LogP contribution is 2.41. The normalized spacial score (nSPS) is 23.4. The van der Waals surface area contributed by atoms with Crippen molar-refractivity contribution in [2.45, 2.75) is 31.2 Å². The first kappa shape index (κ1) is 22.7. The third-order valence-corrected chi connectivity index (χ3v) is 5.79. The van der Waals surface area contributed by atoms with E-state index in [0.717, 1.165) is 18.4 Å². The molecule has 174 valence electrons. The van der Waals surface area contributed by atoms with Crippen LogP contribution in [0.3, 0.4) is 0 Å². The fourth-order valence-corrected chi connectivity index (χ4v) is 3.60. The number of alkyl halides is 3. The largest absolute Gasteiger partial charge is 0.424 e. The molecule has 4 rings (SSSR count). The molecule has 0 radical (unpaired) electrons. The number of benzene rings is 1. The maximum absolute atomic E-state index is 14.7. The van der Waals surface area contributed by atoms with E-state index in [9.17, 15) is 22.4 Å². The number of carbonyl (C=O) groups is 1. The number of hydrogen-bond donors (Lipinski definition) is 2. The first-order valence-electron chi connectivity index (χ1n) is 9.94. The van der Waals surface area contributed by atoms with Gasteiger partial charge in [0, 0.05) is 29.9 Å². The number of anilines is 1. The van der Waals surface area contributed by atoms with Crippen LogP contribution in [0.4, 0.5) is 23.2 Å². The number of halogens is 4. The monoisotopic (exact) mass is 463 g/mol. The lowest BCUT2D eigenvalue weighted by atomic mass is 9.89. The van der Waals surface area contributed by atoms with E-state index in [1.165, 1.54) is 19.1 Å². The number of hydrogen-bond acceptors (Lipinski definition) is 5. The first-order chi connectivity index (χ1) is 15.3. The number of amidine groups is 1. The third kappa shape index (κ3) is 3.82. The van der Waals surface area contributed by atoms with Crippen LogP contribution in [0.2, 0.25) is 0 Å². The van der Waals surface area contributed by atoms with Crippen LogP contribution in [-0.2, 0) is 17.3 Å². The number of ether oxygens (including phenoxy) is 1. The summed E-state index contributed by atoms with van der Waals surface area (Å²) in [6.45, 7) is 1.61. The highest BCUT2D eigenvalue weighted by Gasteiger charge is 2.59. The fraction of sp³-hybridized carbons (Fsp3) is 0.318. The van der Waals surface area contributed by atoms with Gasteiger partial charge < -0.3 is 20.4 Å². The van der Waals surface area contributed by atoms with Crippen LogP contribution in [0.1, 0.15) is 29.9 Å². The van der Waals surface area contributed by atoms with E-state index >= 15 is 0 Å². The number of aromatic nitrogens is 2. The highest BCUT2D eigenvalue weighted by atomic mass is 19.4. The third-order valence-electron chi connectivity index (χ3n) is 5.79. The zero-order chi connectivity index (χ0) is 24.2. The van der Waals surface area contributed by atoms with E-state index in [4.69, 9.17) is 10.5 Å². The van der Waals surface area contributed by atoms with Crippen LogP contribution >= 0.6 is 0 Å². The lowest BCUT2D eigenvalue weighted by Gasteiger charge is -2.41. The van der Waals surface area contributed by atoms with E-state index in [-0.39, 0.29) is 16.9 Å². The molecule has 0 fully saturated rings. The number of aryl methyl sites for hydroxylation is 1. The van der Waals surface area contributed by atoms with E-state index in [2.05, 4.69) is 15.3 Å². The van der Waals surface area contributed by atoms with Gasteiger partial charge >= 0.3 is 6.18 Å². The smallest absolute Gasteiger partial charge is 0.385 e. The molecule has 33 heavy (non-hydrogen) atoms. The molecule has 1 aliphatic heterocycles. The average Bonchev–Trinajstić information content (AvgIpc) is 3.12. The fourth-order valence-electron chi connectivity index (χ4n) is 3.60. The van der Waals surface area contributed by atoms with Gasteiger partial charge in [-0.25, -0.2) is 9.37 Å². The minimum absolute atomic E-state index is 0.0710. The topological polar surface area (TPSA) is 94.5 Å². The van der Waals surface area contributed by atoms with E-state index < -0.39 is 41.5 Å². The highest BCUT2D eigenvalue weighted by molar-refractivity contribution is 6.04. The minimum Gasteiger partial charge on any atom is -0.385 e. The molecule has 0 aliphatic carbocycles. The lowest BCUT2D eigenvalue weighted by Crippen LogP contribution is -2.60. The van der Waals surface area contributed by atoms with Crippen molar-refractivity contribution in [1.82, 2.24) is 9.55 Å². The number of pyridine rings is 1. The van der Waals surface area contributed by atoms with Crippen molar-refractivity contribution < 1.29 is 27.1 Å². The van der Waals surface area contributed by atoms with Crippen LogP contribution in [0.25, 0.3) is 11.0 Å².